The predicted molar refractivity (Wildman–Crippen MR) is 76.2 cm³/mol. The Hall–Kier alpha value is 0.230. The number of hydrogen-bond donors (Lipinski definition) is 0. The molecule has 0 unspecified atom stereocenters. The normalized spacial score (nSPS) is 11.9. The van der Waals surface area contributed by atoms with E-state index >= 15 is 0 Å². The minimum Gasteiger partial charge on any atom is -0.324 e. The topological polar surface area (TPSA) is 17.1 Å². The smallest absolute Gasteiger partial charge is 0.0872 e. The second-order valence-electron chi connectivity index (χ2n) is 4.89. The van der Waals surface area contributed by atoms with Gasteiger partial charge in [0.1, 0.15) is 0 Å². The number of hydrogen-bond acceptors (Lipinski definition) is 1. The second-order valence-corrected chi connectivity index (χ2v) is 8.72. The van der Waals surface area contributed by atoms with Crippen molar-refractivity contribution in [3.63, 3.8) is 0 Å². The van der Waals surface area contributed by atoms with Crippen molar-refractivity contribution in [1.29, 1.82) is 0 Å². The van der Waals surface area contributed by atoms with Crippen LogP contribution < -0.4 is 0 Å². The van der Waals surface area contributed by atoms with Crippen LogP contribution in [-0.2, 0) is 4.57 Å². The lowest BCUT2D eigenvalue weighted by molar-refractivity contribution is 0.564. The summed E-state index contributed by atoms with van der Waals surface area (Å²) in [5, 5.41) is 0. The second kappa shape index (κ2) is 10.4. The van der Waals surface area contributed by atoms with Gasteiger partial charge in [-0.1, -0.05) is 65.7 Å². The standard InChI is InChI=1S/C14H31OP/c1-4-7-8-9-10-11-12-13-14-16(15,5-2)6-3/h4-14H2,1-3H3. The molecule has 0 saturated carbocycles. The van der Waals surface area contributed by atoms with Crippen LogP contribution in [0.4, 0.5) is 0 Å². The molecule has 0 aromatic carbocycles. The fraction of sp³-hybridized carbons (Fsp3) is 1.00. The molecule has 0 aliphatic carbocycles. The van der Waals surface area contributed by atoms with E-state index in [1.54, 1.807) is 0 Å². The van der Waals surface area contributed by atoms with Crippen LogP contribution in [0.5, 0.6) is 0 Å². The Morgan fingerprint density at radius 2 is 1.12 bits per heavy atom. The van der Waals surface area contributed by atoms with Gasteiger partial charge in [-0.05, 0) is 18.7 Å². The molecule has 16 heavy (non-hydrogen) atoms. The molecule has 0 aliphatic rings. The van der Waals surface area contributed by atoms with E-state index in [0.717, 1.165) is 18.5 Å². The summed E-state index contributed by atoms with van der Waals surface area (Å²) in [5.74, 6) is 0. The fourth-order valence-corrected chi connectivity index (χ4v) is 3.95. The van der Waals surface area contributed by atoms with Gasteiger partial charge in [-0.2, -0.15) is 0 Å². The molecule has 0 fully saturated rings. The zero-order valence-corrected chi connectivity index (χ0v) is 12.5. The van der Waals surface area contributed by atoms with E-state index in [1.165, 1.54) is 51.4 Å². The molecular formula is C14H31OP. The molecule has 0 radical (unpaired) electrons. The monoisotopic (exact) mass is 246 g/mol. The van der Waals surface area contributed by atoms with Gasteiger partial charge in [0.05, 0.1) is 7.14 Å². The average molecular weight is 246 g/mol. The van der Waals surface area contributed by atoms with E-state index in [4.69, 9.17) is 0 Å². The molecule has 0 N–H and O–H groups in total. The third-order valence-corrected chi connectivity index (χ3v) is 7.01. The Morgan fingerprint density at radius 1 is 0.688 bits per heavy atom. The van der Waals surface area contributed by atoms with E-state index < -0.39 is 7.14 Å². The number of rotatable bonds is 11. The highest BCUT2D eigenvalue weighted by Gasteiger charge is 2.15. The van der Waals surface area contributed by atoms with Crippen molar-refractivity contribution in [3.8, 4) is 0 Å². The van der Waals surface area contributed by atoms with E-state index in [9.17, 15) is 4.57 Å². The summed E-state index contributed by atoms with van der Waals surface area (Å²) < 4.78 is 12.1. The lowest BCUT2D eigenvalue weighted by Gasteiger charge is -2.13. The summed E-state index contributed by atoms with van der Waals surface area (Å²) in [5.41, 5.74) is 0. The van der Waals surface area contributed by atoms with Crippen molar-refractivity contribution >= 4 is 7.14 Å². The highest BCUT2D eigenvalue weighted by atomic mass is 31.2. The lowest BCUT2D eigenvalue weighted by Crippen LogP contribution is -1.95. The zero-order valence-electron chi connectivity index (χ0n) is 11.6. The van der Waals surface area contributed by atoms with Gasteiger partial charge in [-0.15, -0.1) is 0 Å². The quantitative estimate of drug-likeness (QED) is 0.346. The SMILES string of the molecule is CCCCCCCCCCP(=O)(CC)CC. The molecule has 0 saturated heterocycles. The van der Waals surface area contributed by atoms with Crippen LogP contribution in [0.2, 0.25) is 0 Å². The molecule has 1 nitrogen and oxygen atoms in total. The molecule has 0 amide bonds. The summed E-state index contributed by atoms with van der Waals surface area (Å²) >= 11 is 0. The van der Waals surface area contributed by atoms with Gasteiger partial charge >= 0.3 is 0 Å². The maximum Gasteiger partial charge on any atom is 0.0872 e. The van der Waals surface area contributed by atoms with Crippen LogP contribution in [0.3, 0.4) is 0 Å². The predicted octanol–water partition coefficient (Wildman–Crippen LogP) is 5.53. The Kier molecular flexibility index (Phi) is 10.5. The average Bonchev–Trinajstić information content (AvgIpc) is 2.32. The van der Waals surface area contributed by atoms with Crippen LogP contribution in [0.15, 0.2) is 0 Å². The summed E-state index contributed by atoms with van der Waals surface area (Å²) in [6.45, 7) is 6.41. The van der Waals surface area contributed by atoms with Gasteiger partial charge in [0.15, 0.2) is 0 Å². The number of unbranched alkanes of at least 4 members (excludes halogenated alkanes) is 7. The lowest BCUT2D eigenvalue weighted by atomic mass is 10.1. The third-order valence-electron chi connectivity index (χ3n) is 3.57. The highest BCUT2D eigenvalue weighted by molar-refractivity contribution is 7.63. The molecule has 0 heterocycles. The molecule has 0 rings (SSSR count). The van der Waals surface area contributed by atoms with Gasteiger partial charge < -0.3 is 4.57 Å². The molecule has 98 valence electrons. The third kappa shape index (κ3) is 8.39. The molecule has 0 spiro atoms. The Labute approximate surface area is 103 Å². The van der Waals surface area contributed by atoms with E-state index in [0.29, 0.717) is 0 Å². The molecule has 0 bridgehead atoms. The van der Waals surface area contributed by atoms with Crippen molar-refractivity contribution in [2.75, 3.05) is 18.5 Å². The van der Waals surface area contributed by atoms with Crippen molar-refractivity contribution in [2.24, 2.45) is 0 Å². The Morgan fingerprint density at radius 3 is 1.56 bits per heavy atom. The van der Waals surface area contributed by atoms with Crippen LogP contribution >= 0.6 is 7.14 Å². The summed E-state index contributed by atoms with van der Waals surface area (Å²) in [6, 6.07) is 0. The van der Waals surface area contributed by atoms with Crippen molar-refractivity contribution < 1.29 is 4.57 Å². The molecular weight excluding hydrogens is 215 g/mol. The maximum atomic E-state index is 12.1. The summed E-state index contributed by atoms with van der Waals surface area (Å²) in [6.07, 6.45) is 13.5. The molecule has 0 aromatic rings. The van der Waals surface area contributed by atoms with Gasteiger partial charge in [0.2, 0.25) is 0 Å². The first kappa shape index (κ1) is 16.2. The summed E-state index contributed by atoms with van der Waals surface area (Å²) in [4.78, 5) is 0. The van der Waals surface area contributed by atoms with Gasteiger partial charge in [-0.3, -0.25) is 0 Å². The largest absolute Gasteiger partial charge is 0.324 e. The first-order valence-electron chi connectivity index (χ1n) is 7.25. The fourth-order valence-electron chi connectivity index (χ4n) is 2.07. The van der Waals surface area contributed by atoms with Crippen LogP contribution in [0.1, 0.15) is 72.1 Å². The van der Waals surface area contributed by atoms with Gasteiger partial charge in [-0.25, -0.2) is 0 Å². The first-order chi connectivity index (χ1) is 7.68. The van der Waals surface area contributed by atoms with E-state index in [1.807, 2.05) is 0 Å². The Balaban J connectivity index is 3.29. The molecule has 2 heteroatoms. The van der Waals surface area contributed by atoms with Gasteiger partial charge in [0, 0.05) is 6.16 Å². The van der Waals surface area contributed by atoms with Crippen molar-refractivity contribution in [3.05, 3.63) is 0 Å². The highest BCUT2D eigenvalue weighted by Crippen LogP contribution is 2.45. The van der Waals surface area contributed by atoms with Gasteiger partial charge in [0.25, 0.3) is 0 Å². The van der Waals surface area contributed by atoms with E-state index in [-0.39, 0.29) is 0 Å². The van der Waals surface area contributed by atoms with Crippen LogP contribution in [-0.4, -0.2) is 18.5 Å². The summed E-state index contributed by atoms with van der Waals surface area (Å²) in [7, 11) is -1.75. The van der Waals surface area contributed by atoms with Crippen LogP contribution in [0, 0.1) is 0 Å². The van der Waals surface area contributed by atoms with Crippen molar-refractivity contribution in [1.82, 2.24) is 0 Å². The zero-order chi connectivity index (χ0) is 12.3. The minimum absolute atomic E-state index is 0.903. The van der Waals surface area contributed by atoms with E-state index in [2.05, 4.69) is 20.8 Å². The Bertz CT molecular complexity index is 181. The first-order valence-corrected chi connectivity index (χ1v) is 9.52. The van der Waals surface area contributed by atoms with Crippen LogP contribution in [0.25, 0.3) is 0 Å². The minimum atomic E-state index is -1.75. The van der Waals surface area contributed by atoms with Crippen molar-refractivity contribution in [2.45, 2.75) is 72.1 Å². The maximum absolute atomic E-state index is 12.1. The molecule has 0 aromatic heterocycles. The molecule has 0 atom stereocenters. The molecule has 0 aliphatic heterocycles.